The molecular formula is C16H22N2O3. The van der Waals surface area contributed by atoms with Crippen LogP contribution in [0.25, 0.3) is 0 Å². The Morgan fingerprint density at radius 1 is 1.24 bits per heavy atom. The Balaban J connectivity index is 1.74. The first kappa shape index (κ1) is 15.5. The molecule has 0 aliphatic carbocycles. The zero-order chi connectivity index (χ0) is 15.1. The summed E-state index contributed by atoms with van der Waals surface area (Å²) in [6.07, 6.45) is 2.70. The first-order chi connectivity index (χ1) is 10.2. The number of likely N-dealkylation sites (tertiary alicyclic amines) is 1. The normalized spacial score (nSPS) is 15.8. The smallest absolute Gasteiger partial charge is 0.246 e. The summed E-state index contributed by atoms with van der Waals surface area (Å²) < 4.78 is 0. The van der Waals surface area contributed by atoms with Gasteiger partial charge in [0.1, 0.15) is 0 Å². The highest BCUT2D eigenvalue weighted by atomic mass is 16.6. The number of nitrogens with one attached hydrogen (secondary N) is 1. The van der Waals surface area contributed by atoms with Gasteiger partial charge in [0.2, 0.25) is 11.8 Å². The zero-order valence-corrected chi connectivity index (χ0v) is 12.4. The predicted octanol–water partition coefficient (Wildman–Crippen LogP) is 1.54. The average Bonchev–Trinajstić information content (AvgIpc) is 2.54. The minimum Gasteiger partial charge on any atom is -0.343 e. The van der Waals surface area contributed by atoms with E-state index in [2.05, 4.69) is 10.3 Å². The fraction of sp³-hybridized carbons (Fsp3) is 0.500. The molecule has 0 unspecified atom stereocenters. The van der Waals surface area contributed by atoms with Crippen LogP contribution in [0.5, 0.6) is 0 Å². The molecule has 0 aromatic heterocycles. The maximum Gasteiger partial charge on any atom is 0.246 e. The third kappa shape index (κ3) is 4.56. The molecule has 5 nitrogen and oxygen atoms in total. The number of hydrogen-bond donors (Lipinski definition) is 1. The molecule has 114 valence electrons. The summed E-state index contributed by atoms with van der Waals surface area (Å²) in [5.74, 6) is 0.0291. The number of hydroxylamine groups is 1. The molecule has 0 spiro atoms. The van der Waals surface area contributed by atoms with Crippen molar-refractivity contribution in [1.82, 2.24) is 10.4 Å². The first-order valence-electron chi connectivity index (χ1n) is 7.35. The van der Waals surface area contributed by atoms with Gasteiger partial charge in [-0.25, -0.2) is 5.48 Å². The van der Waals surface area contributed by atoms with Gasteiger partial charge in [-0.3, -0.25) is 14.4 Å². The molecular weight excluding hydrogens is 268 g/mol. The van der Waals surface area contributed by atoms with E-state index in [1.807, 2.05) is 35.2 Å². The summed E-state index contributed by atoms with van der Waals surface area (Å²) in [6.45, 7) is 1.30. The summed E-state index contributed by atoms with van der Waals surface area (Å²) in [4.78, 5) is 30.3. The van der Waals surface area contributed by atoms with Crippen LogP contribution < -0.4 is 5.48 Å². The maximum absolute atomic E-state index is 12.2. The number of amides is 2. The van der Waals surface area contributed by atoms with Crippen molar-refractivity contribution >= 4 is 11.8 Å². The van der Waals surface area contributed by atoms with E-state index in [1.165, 1.54) is 12.7 Å². The zero-order valence-electron chi connectivity index (χ0n) is 12.4. The number of benzene rings is 1. The molecule has 5 heteroatoms. The number of carbonyl (C=O) groups is 2. The Morgan fingerprint density at radius 2 is 1.90 bits per heavy atom. The van der Waals surface area contributed by atoms with E-state index in [4.69, 9.17) is 0 Å². The molecule has 0 bridgehead atoms. The lowest BCUT2D eigenvalue weighted by molar-refractivity contribution is -0.140. The third-order valence-electron chi connectivity index (χ3n) is 3.89. The van der Waals surface area contributed by atoms with Gasteiger partial charge in [-0.1, -0.05) is 30.3 Å². The van der Waals surface area contributed by atoms with E-state index < -0.39 is 0 Å². The lowest BCUT2D eigenvalue weighted by atomic mass is 9.96. The second-order valence-electron chi connectivity index (χ2n) is 5.31. The van der Waals surface area contributed by atoms with Crippen molar-refractivity contribution in [3.05, 3.63) is 35.9 Å². The van der Waals surface area contributed by atoms with Crippen LogP contribution in [0.15, 0.2) is 30.3 Å². The van der Waals surface area contributed by atoms with E-state index in [9.17, 15) is 9.59 Å². The van der Waals surface area contributed by atoms with Crippen molar-refractivity contribution in [2.24, 2.45) is 5.92 Å². The standard InChI is InChI=1S/C16H22N2O3/c1-21-17-16(20)14-9-11-18(12-10-14)15(19)8-7-13-5-3-2-4-6-13/h2-6,14H,7-12H2,1H3,(H,17,20). The summed E-state index contributed by atoms with van der Waals surface area (Å²) in [6, 6.07) is 10.0. The summed E-state index contributed by atoms with van der Waals surface area (Å²) in [5, 5.41) is 0. The molecule has 1 aromatic carbocycles. The van der Waals surface area contributed by atoms with Gasteiger partial charge in [0, 0.05) is 25.4 Å². The van der Waals surface area contributed by atoms with Crippen LogP contribution in [0, 0.1) is 5.92 Å². The van der Waals surface area contributed by atoms with Gasteiger partial charge in [0.05, 0.1) is 7.11 Å². The van der Waals surface area contributed by atoms with E-state index in [-0.39, 0.29) is 17.7 Å². The molecule has 1 fully saturated rings. The number of hydrogen-bond acceptors (Lipinski definition) is 3. The van der Waals surface area contributed by atoms with Crippen LogP contribution >= 0.6 is 0 Å². The SMILES string of the molecule is CONC(=O)C1CCN(C(=O)CCc2ccccc2)CC1. The quantitative estimate of drug-likeness (QED) is 0.837. The highest BCUT2D eigenvalue weighted by molar-refractivity contribution is 5.79. The molecule has 0 saturated carbocycles. The Morgan fingerprint density at radius 3 is 2.52 bits per heavy atom. The molecule has 21 heavy (non-hydrogen) atoms. The van der Waals surface area contributed by atoms with Crippen LogP contribution in [0.1, 0.15) is 24.8 Å². The van der Waals surface area contributed by atoms with Crippen LogP contribution in [-0.4, -0.2) is 36.9 Å². The molecule has 1 aliphatic heterocycles. The van der Waals surface area contributed by atoms with Crippen molar-refractivity contribution in [3.63, 3.8) is 0 Å². The topological polar surface area (TPSA) is 58.6 Å². The number of carbonyl (C=O) groups excluding carboxylic acids is 2. The predicted molar refractivity (Wildman–Crippen MR) is 79.2 cm³/mol. The minimum atomic E-state index is -0.0890. The summed E-state index contributed by atoms with van der Waals surface area (Å²) in [7, 11) is 1.43. The van der Waals surface area contributed by atoms with Crippen LogP contribution in [0.4, 0.5) is 0 Å². The molecule has 0 radical (unpaired) electrons. The Bertz CT molecular complexity index is 468. The van der Waals surface area contributed by atoms with Crippen molar-refractivity contribution in [3.8, 4) is 0 Å². The van der Waals surface area contributed by atoms with Gasteiger partial charge >= 0.3 is 0 Å². The molecule has 1 aromatic rings. The molecule has 0 atom stereocenters. The Hall–Kier alpha value is -1.88. The van der Waals surface area contributed by atoms with Gasteiger partial charge in [-0.15, -0.1) is 0 Å². The van der Waals surface area contributed by atoms with Crippen LogP contribution in [0.3, 0.4) is 0 Å². The first-order valence-corrected chi connectivity index (χ1v) is 7.35. The molecule has 2 amide bonds. The monoisotopic (exact) mass is 290 g/mol. The van der Waals surface area contributed by atoms with Crippen molar-refractivity contribution in [2.75, 3.05) is 20.2 Å². The molecule has 1 saturated heterocycles. The molecule has 1 N–H and O–H groups in total. The van der Waals surface area contributed by atoms with Gasteiger partial charge in [0.15, 0.2) is 0 Å². The molecule has 1 aliphatic rings. The molecule has 2 rings (SSSR count). The van der Waals surface area contributed by atoms with E-state index in [0.717, 1.165) is 6.42 Å². The highest BCUT2D eigenvalue weighted by Crippen LogP contribution is 2.18. The van der Waals surface area contributed by atoms with Gasteiger partial charge < -0.3 is 4.90 Å². The van der Waals surface area contributed by atoms with Crippen LogP contribution in [-0.2, 0) is 20.8 Å². The van der Waals surface area contributed by atoms with E-state index in [0.29, 0.717) is 32.4 Å². The summed E-state index contributed by atoms with van der Waals surface area (Å²) >= 11 is 0. The lowest BCUT2D eigenvalue weighted by Gasteiger charge is -2.31. The number of nitrogens with zero attached hydrogens (tertiary/aromatic N) is 1. The largest absolute Gasteiger partial charge is 0.343 e. The van der Waals surface area contributed by atoms with E-state index >= 15 is 0 Å². The van der Waals surface area contributed by atoms with Gasteiger partial charge in [-0.2, -0.15) is 0 Å². The summed E-state index contributed by atoms with van der Waals surface area (Å²) in [5.41, 5.74) is 3.54. The highest BCUT2D eigenvalue weighted by Gasteiger charge is 2.27. The number of piperidine rings is 1. The fourth-order valence-corrected chi connectivity index (χ4v) is 2.63. The maximum atomic E-state index is 12.2. The third-order valence-corrected chi connectivity index (χ3v) is 3.89. The fourth-order valence-electron chi connectivity index (χ4n) is 2.63. The minimum absolute atomic E-state index is 0.0527. The molecule has 1 heterocycles. The second kappa shape index (κ2) is 7.78. The van der Waals surface area contributed by atoms with Gasteiger partial charge in [0.25, 0.3) is 0 Å². The van der Waals surface area contributed by atoms with Gasteiger partial charge in [-0.05, 0) is 24.8 Å². The van der Waals surface area contributed by atoms with Crippen LogP contribution in [0.2, 0.25) is 0 Å². The Kier molecular flexibility index (Phi) is 5.75. The number of rotatable bonds is 5. The van der Waals surface area contributed by atoms with Crippen molar-refractivity contribution in [2.45, 2.75) is 25.7 Å². The second-order valence-corrected chi connectivity index (χ2v) is 5.31. The Labute approximate surface area is 125 Å². The van der Waals surface area contributed by atoms with Crippen molar-refractivity contribution in [1.29, 1.82) is 0 Å². The van der Waals surface area contributed by atoms with E-state index in [1.54, 1.807) is 0 Å². The average molecular weight is 290 g/mol. The number of aryl methyl sites for hydroxylation is 1. The lowest BCUT2D eigenvalue weighted by Crippen LogP contribution is -2.42. The van der Waals surface area contributed by atoms with Crippen molar-refractivity contribution < 1.29 is 14.4 Å².